The number of hydrogen-bond donors (Lipinski definition) is 2. The molecule has 2 aromatic carbocycles. The summed E-state index contributed by atoms with van der Waals surface area (Å²) in [6.07, 6.45) is 7.92. The Kier molecular flexibility index (Phi) is 11.4. The summed E-state index contributed by atoms with van der Waals surface area (Å²) in [5, 5.41) is 18.7. The first kappa shape index (κ1) is 24.4. The number of phenols is 1. The Hall–Kier alpha value is -2.66. The highest BCUT2D eigenvalue weighted by Crippen LogP contribution is 2.21. The number of aryl methyl sites for hydroxylation is 1. The number of aromatic hydroxyl groups is 1. The van der Waals surface area contributed by atoms with Gasteiger partial charge in [-0.2, -0.15) is 0 Å². The summed E-state index contributed by atoms with van der Waals surface area (Å²) in [6, 6.07) is 13.3. The first-order valence-corrected chi connectivity index (χ1v) is 10.3. The van der Waals surface area contributed by atoms with Crippen LogP contribution in [0.2, 0.25) is 0 Å². The molecule has 29 heavy (non-hydrogen) atoms. The van der Waals surface area contributed by atoms with E-state index in [0.717, 1.165) is 42.3 Å². The summed E-state index contributed by atoms with van der Waals surface area (Å²) in [5.74, 6) is 0.261. The highest BCUT2D eigenvalue weighted by atomic mass is 16.3. The van der Waals surface area contributed by atoms with Crippen LogP contribution in [-0.2, 0) is 4.79 Å². The Balaban J connectivity index is 0.000000299. The number of hydrogen-bond acceptors (Lipinski definition) is 4. The molecule has 0 bridgehead atoms. The van der Waals surface area contributed by atoms with Gasteiger partial charge in [-0.05, 0) is 56.5 Å². The maximum Gasteiger partial charge on any atom is 0.117 e. The van der Waals surface area contributed by atoms with Gasteiger partial charge in [0.2, 0.25) is 0 Å². The molecule has 1 heterocycles. The van der Waals surface area contributed by atoms with Crippen LogP contribution < -0.4 is 0 Å². The van der Waals surface area contributed by atoms with Crippen LogP contribution in [0.25, 0.3) is 16.7 Å². The molecule has 0 aliphatic rings. The second-order valence-corrected chi connectivity index (χ2v) is 6.95. The van der Waals surface area contributed by atoms with E-state index in [9.17, 15) is 10.2 Å². The number of imidazole rings is 1. The molecule has 0 spiro atoms. The lowest BCUT2D eigenvalue weighted by molar-refractivity contribution is -0.106. The maximum atomic E-state index is 9.49. The fourth-order valence-electron chi connectivity index (χ4n) is 2.89. The minimum Gasteiger partial charge on any atom is -0.508 e. The predicted molar refractivity (Wildman–Crippen MR) is 120 cm³/mol. The number of nitrogens with zero attached hydrogens (tertiary/aromatic N) is 2. The first-order chi connectivity index (χ1) is 14.0. The normalized spacial score (nSPS) is 11.1. The second kappa shape index (κ2) is 13.5. The van der Waals surface area contributed by atoms with Crippen LogP contribution in [-0.4, -0.2) is 32.2 Å². The molecule has 0 aliphatic heterocycles. The molecule has 0 fully saturated rings. The molecule has 3 rings (SSSR count). The van der Waals surface area contributed by atoms with Crippen molar-refractivity contribution in [3.05, 3.63) is 54.4 Å². The SMILES string of the molecule is CC=O.CCCCC(O)CCC.Cc1ccc2c(c1)ncn2-c1cccc(O)c1. The quantitative estimate of drug-likeness (QED) is 0.531. The number of carbonyl (C=O) groups excluding carboxylic acids is 1. The van der Waals surface area contributed by atoms with Crippen LogP contribution in [0.3, 0.4) is 0 Å². The van der Waals surface area contributed by atoms with Crippen LogP contribution in [0.4, 0.5) is 0 Å². The third kappa shape index (κ3) is 8.48. The molecule has 1 aromatic heterocycles. The molecule has 0 radical (unpaired) electrons. The first-order valence-electron chi connectivity index (χ1n) is 10.3. The average Bonchev–Trinajstić information content (AvgIpc) is 3.11. The van der Waals surface area contributed by atoms with E-state index in [4.69, 9.17) is 4.79 Å². The van der Waals surface area contributed by atoms with Crippen molar-refractivity contribution >= 4 is 17.3 Å². The summed E-state index contributed by atoms with van der Waals surface area (Å²) in [6.45, 7) is 7.75. The van der Waals surface area contributed by atoms with Crippen LogP contribution in [0.15, 0.2) is 48.8 Å². The van der Waals surface area contributed by atoms with Crippen LogP contribution in [0.5, 0.6) is 5.75 Å². The van der Waals surface area contributed by atoms with E-state index >= 15 is 0 Å². The molecule has 0 saturated carbocycles. The molecule has 0 saturated heterocycles. The molecule has 3 aromatic rings. The fourth-order valence-corrected chi connectivity index (χ4v) is 2.89. The minimum absolute atomic E-state index is 0.0325. The van der Waals surface area contributed by atoms with Gasteiger partial charge in [0.05, 0.1) is 22.8 Å². The van der Waals surface area contributed by atoms with Gasteiger partial charge in [-0.3, -0.25) is 4.57 Å². The Morgan fingerprint density at radius 2 is 1.83 bits per heavy atom. The van der Waals surface area contributed by atoms with Crippen molar-refractivity contribution in [3.8, 4) is 11.4 Å². The largest absolute Gasteiger partial charge is 0.508 e. The van der Waals surface area contributed by atoms with E-state index in [2.05, 4.69) is 31.0 Å². The van der Waals surface area contributed by atoms with Crippen molar-refractivity contribution in [3.63, 3.8) is 0 Å². The van der Waals surface area contributed by atoms with Crippen LogP contribution >= 0.6 is 0 Å². The fraction of sp³-hybridized carbons (Fsp3) is 0.417. The summed E-state index contributed by atoms with van der Waals surface area (Å²) < 4.78 is 1.97. The number of aromatic nitrogens is 2. The Morgan fingerprint density at radius 1 is 1.10 bits per heavy atom. The van der Waals surface area contributed by atoms with Crippen molar-refractivity contribution in [2.75, 3.05) is 0 Å². The van der Waals surface area contributed by atoms with E-state index in [1.807, 2.05) is 29.7 Å². The van der Waals surface area contributed by atoms with Crippen molar-refractivity contribution in [1.29, 1.82) is 0 Å². The summed E-state index contributed by atoms with van der Waals surface area (Å²) >= 11 is 0. The number of rotatable bonds is 6. The lowest BCUT2D eigenvalue weighted by Crippen LogP contribution is -2.04. The predicted octanol–water partition coefficient (Wildman–Crippen LogP) is 5.58. The number of aliphatic hydroxyl groups is 1. The van der Waals surface area contributed by atoms with E-state index in [-0.39, 0.29) is 11.9 Å². The van der Waals surface area contributed by atoms with Gasteiger partial charge in [0.1, 0.15) is 18.4 Å². The Labute approximate surface area is 174 Å². The average molecular weight is 399 g/mol. The zero-order valence-corrected chi connectivity index (χ0v) is 18.0. The van der Waals surface area contributed by atoms with Gasteiger partial charge in [-0.1, -0.05) is 45.2 Å². The van der Waals surface area contributed by atoms with Gasteiger partial charge >= 0.3 is 0 Å². The zero-order valence-electron chi connectivity index (χ0n) is 18.0. The highest BCUT2D eigenvalue weighted by Gasteiger charge is 2.04. The molecular weight excluding hydrogens is 364 g/mol. The van der Waals surface area contributed by atoms with Gasteiger partial charge in [-0.25, -0.2) is 4.98 Å². The van der Waals surface area contributed by atoms with E-state index in [0.29, 0.717) is 0 Å². The van der Waals surface area contributed by atoms with E-state index in [1.165, 1.54) is 25.3 Å². The lowest BCUT2D eigenvalue weighted by atomic mass is 10.1. The third-order valence-electron chi connectivity index (χ3n) is 4.32. The Bertz CT molecular complexity index is 858. The molecule has 1 atom stereocenters. The lowest BCUT2D eigenvalue weighted by Gasteiger charge is -2.06. The number of unbranched alkanes of at least 4 members (excludes halogenated alkanes) is 1. The second-order valence-electron chi connectivity index (χ2n) is 6.95. The van der Waals surface area contributed by atoms with Crippen LogP contribution in [0.1, 0.15) is 58.4 Å². The number of fused-ring (bicyclic) bond motifs is 1. The van der Waals surface area contributed by atoms with Crippen molar-refractivity contribution in [1.82, 2.24) is 9.55 Å². The summed E-state index contributed by atoms with van der Waals surface area (Å²) in [7, 11) is 0. The van der Waals surface area contributed by atoms with Gasteiger partial charge in [-0.15, -0.1) is 0 Å². The topological polar surface area (TPSA) is 75.3 Å². The molecule has 2 N–H and O–H groups in total. The minimum atomic E-state index is -0.0325. The molecule has 5 heteroatoms. The number of carbonyl (C=O) groups is 1. The summed E-state index contributed by atoms with van der Waals surface area (Å²) in [5.41, 5.74) is 4.12. The van der Waals surface area contributed by atoms with E-state index in [1.54, 1.807) is 18.5 Å². The molecule has 0 aliphatic carbocycles. The summed E-state index contributed by atoms with van der Waals surface area (Å²) in [4.78, 5) is 13.2. The zero-order chi connectivity index (χ0) is 21.6. The van der Waals surface area contributed by atoms with Crippen molar-refractivity contribution in [2.45, 2.75) is 65.9 Å². The molecular formula is C24H34N2O3. The molecule has 0 amide bonds. The van der Waals surface area contributed by atoms with Crippen LogP contribution in [0, 0.1) is 6.92 Å². The van der Waals surface area contributed by atoms with Gasteiger partial charge in [0.25, 0.3) is 0 Å². The monoisotopic (exact) mass is 398 g/mol. The molecule has 158 valence electrons. The van der Waals surface area contributed by atoms with Crippen molar-refractivity contribution < 1.29 is 15.0 Å². The maximum absolute atomic E-state index is 9.49. The molecule has 1 unspecified atom stereocenters. The standard InChI is InChI=1S/C14H12N2O.C8H18O.C2H4O/c1-10-5-6-14-13(7-10)15-9-16(14)11-3-2-4-12(17)8-11;1-3-5-7-8(9)6-4-2;1-2-3/h2-9,17H,1H3;8-9H,3-7H2,1-2H3;2H,1H3. The third-order valence-corrected chi connectivity index (χ3v) is 4.32. The van der Waals surface area contributed by atoms with Gasteiger partial charge in [0.15, 0.2) is 0 Å². The number of phenolic OH excluding ortho intramolecular Hbond substituents is 1. The Morgan fingerprint density at radius 3 is 2.45 bits per heavy atom. The van der Waals surface area contributed by atoms with Gasteiger partial charge in [0, 0.05) is 6.07 Å². The number of aldehydes is 1. The smallest absolute Gasteiger partial charge is 0.117 e. The molecule has 5 nitrogen and oxygen atoms in total. The van der Waals surface area contributed by atoms with E-state index < -0.39 is 0 Å². The number of benzene rings is 2. The van der Waals surface area contributed by atoms with Crippen molar-refractivity contribution in [2.24, 2.45) is 0 Å². The highest BCUT2D eigenvalue weighted by molar-refractivity contribution is 5.78. The van der Waals surface area contributed by atoms with Gasteiger partial charge < -0.3 is 15.0 Å². The number of aliphatic hydroxyl groups excluding tert-OH is 1.